The lowest BCUT2D eigenvalue weighted by Crippen LogP contribution is -2.00. The van der Waals surface area contributed by atoms with Gasteiger partial charge in [0, 0.05) is 17.2 Å². The Labute approximate surface area is 89.8 Å². The second kappa shape index (κ2) is 3.34. The Morgan fingerprint density at radius 2 is 1.81 bits per heavy atom. The van der Waals surface area contributed by atoms with Crippen molar-refractivity contribution in [3.63, 3.8) is 0 Å². The highest BCUT2D eigenvalue weighted by molar-refractivity contribution is 5.71. The number of aromatic amines is 2. The molecule has 0 saturated heterocycles. The first-order valence-corrected chi connectivity index (χ1v) is 4.53. The first kappa shape index (κ1) is 10.2. The van der Waals surface area contributed by atoms with Crippen LogP contribution in [0.3, 0.4) is 0 Å². The van der Waals surface area contributed by atoms with Gasteiger partial charge in [-0.3, -0.25) is 4.98 Å². The number of H-pyrrole nitrogens is 2. The van der Waals surface area contributed by atoms with Crippen molar-refractivity contribution in [3.05, 3.63) is 28.2 Å². The molecule has 16 heavy (non-hydrogen) atoms. The van der Waals surface area contributed by atoms with E-state index in [9.17, 15) is 20.1 Å². The number of imidazole rings is 1. The van der Waals surface area contributed by atoms with Crippen LogP contribution in [0.4, 0.5) is 0 Å². The van der Waals surface area contributed by atoms with Crippen LogP contribution in [0.15, 0.2) is 16.9 Å². The maximum atomic E-state index is 11.0. The molecule has 0 amide bonds. The summed E-state index contributed by atoms with van der Waals surface area (Å²) in [6.07, 6.45) is 0. The van der Waals surface area contributed by atoms with Gasteiger partial charge in [0.05, 0.1) is 0 Å². The van der Waals surface area contributed by atoms with Crippen LogP contribution in [0.2, 0.25) is 0 Å². The van der Waals surface area contributed by atoms with Crippen molar-refractivity contribution in [1.29, 1.82) is 0 Å². The van der Waals surface area contributed by atoms with Crippen molar-refractivity contribution in [1.82, 2.24) is 9.97 Å². The van der Waals surface area contributed by atoms with E-state index in [4.69, 9.17) is 0 Å². The van der Waals surface area contributed by atoms with Crippen LogP contribution in [0.25, 0.3) is 11.3 Å². The number of rotatable bonds is 1. The average molecular weight is 222 g/mol. The van der Waals surface area contributed by atoms with Gasteiger partial charge in [-0.25, -0.2) is 4.79 Å². The van der Waals surface area contributed by atoms with Crippen LogP contribution in [0.5, 0.6) is 17.4 Å². The summed E-state index contributed by atoms with van der Waals surface area (Å²) in [6, 6.07) is 2.52. The van der Waals surface area contributed by atoms with Gasteiger partial charge in [0.15, 0.2) is 0 Å². The minimum Gasteiger partial charge on any atom is -0.508 e. The summed E-state index contributed by atoms with van der Waals surface area (Å²) in [4.78, 5) is 15.5. The van der Waals surface area contributed by atoms with E-state index in [1.165, 1.54) is 12.1 Å². The molecule has 0 bridgehead atoms. The molecule has 1 aromatic heterocycles. The summed E-state index contributed by atoms with van der Waals surface area (Å²) in [5.74, 6) is -0.603. The Kier molecular flexibility index (Phi) is 2.12. The normalized spacial score (nSPS) is 10.6. The molecule has 1 aromatic carbocycles. The SMILES string of the molecule is Cc1c(O)cc(O)cc1-c1[nH]c(=O)[nH]c1O. The van der Waals surface area contributed by atoms with E-state index in [1.807, 2.05) is 0 Å². The number of nitrogens with one attached hydrogen (secondary N) is 2. The molecule has 84 valence electrons. The standard InChI is InChI=1S/C10H10N2O4/c1-4-6(2-5(13)3-7(4)14)8-9(15)12-10(16)11-8/h2-3,13-15H,1H3,(H2,11,12,16). The van der Waals surface area contributed by atoms with Gasteiger partial charge in [0.25, 0.3) is 0 Å². The highest BCUT2D eigenvalue weighted by Gasteiger charge is 2.14. The van der Waals surface area contributed by atoms with E-state index in [0.717, 1.165) is 0 Å². The van der Waals surface area contributed by atoms with Crippen molar-refractivity contribution in [2.45, 2.75) is 6.92 Å². The number of aromatic nitrogens is 2. The smallest absolute Gasteiger partial charge is 0.326 e. The quantitative estimate of drug-likeness (QED) is 0.491. The summed E-state index contributed by atoms with van der Waals surface area (Å²) < 4.78 is 0. The van der Waals surface area contributed by atoms with E-state index >= 15 is 0 Å². The molecule has 0 aliphatic carbocycles. The molecule has 0 fully saturated rings. The van der Waals surface area contributed by atoms with Crippen LogP contribution in [0, 0.1) is 6.92 Å². The van der Waals surface area contributed by atoms with Gasteiger partial charge in [0.1, 0.15) is 17.2 Å². The lowest BCUT2D eigenvalue weighted by atomic mass is 10.0. The van der Waals surface area contributed by atoms with E-state index < -0.39 is 5.69 Å². The molecular formula is C10H10N2O4. The van der Waals surface area contributed by atoms with Crippen LogP contribution in [-0.2, 0) is 0 Å². The predicted molar refractivity (Wildman–Crippen MR) is 56.6 cm³/mol. The third kappa shape index (κ3) is 1.50. The number of benzene rings is 1. The fraction of sp³-hybridized carbons (Fsp3) is 0.100. The van der Waals surface area contributed by atoms with E-state index in [-0.39, 0.29) is 23.1 Å². The van der Waals surface area contributed by atoms with Crippen LogP contribution >= 0.6 is 0 Å². The van der Waals surface area contributed by atoms with Crippen LogP contribution < -0.4 is 5.69 Å². The largest absolute Gasteiger partial charge is 0.508 e. The Morgan fingerprint density at radius 3 is 2.38 bits per heavy atom. The van der Waals surface area contributed by atoms with Gasteiger partial charge in [-0.1, -0.05) is 0 Å². The zero-order valence-corrected chi connectivity index (χ0v) is 8.40. The maximum Gasteiger partial charge on any atom is 0.326 e. The zero-order chi connectivity index (χ0) is 11.9. The van der Waals surface area contributed by atoms with Gasteiger partial charge < -0.3 is 20.3 Å². The molecule has 0 unspecified atom stereocenters. The summed E-state index contributed by atoms with van der Waals surface area (Å²) in [7, 11) is 0. The fourth-order valence-corrected chi connectivity index (χ4v) is 1.51. The molecule has 6 nitrogen and oxygen atoms in total. The van der Waals surface area contributed by atoms with E-state index in [0.29, 0.717) is 11.1 Å². The topological polar surface area (TPSA) is 109 Å². The predicted octanol–water partition coefficient (Wildman–Crippen LogP) is 0.795. The maximum absolute atomic E-state index is 11.0. The van der Waals surface area contributed by atoms with Crippen LogP contribution in [0.1, 0.15) is 5.56 Å². The molecule has 0 saturated carbocycles. The van der Waals surface area contributed by atoms with Gasteiger partial charge in [-0.2, -0.15) is 0 Å². The monoisotopic (exact) mass is 222 g/mol. The Morgan fingerprint density at radius 1 is 1.12 bits per heavy atom. The van der Waals surface area contributed by atoms with Crippen molar-refractivity contribution in [2.24, 2.45) is 0 Å². The van der Waals surface area contributed by atoms with Gasteiger partial charge in [-0.15, -0.1) is 0 Å². The van der Waals surface area contributed by atoms with Crippen molar-refractivity contribution >= 4 is 0 Å². The molecule has 0 aliphatic rings. The Balaban J connectivity index is 2.73. The first-order valence-electron chi connectivity index (χ1n) is 4.53. The van der Waals surface area contributed by atoms with Crippen molar-refractivity contribution in [2.75, 3.05) is 0 Å². The number of phenols is 2. The molecule has 0 spiro atoms. The lowest BCUT2D eigenvalue weighted by Gasteiger charge is -2.06. The average Bonchev–Trinajstić information content (AvgIpc) is 2.51. The Hall–Kier alpha value is -2.37. The van der Waals surface area contributed by atoms with Crippen molar-refractivity contribution in [3.8, 4) is 28.6 Å². The number of hydrogen-bond acceptors (Lipinski definition) is 4. The number of phenolic OH excluding ortho intramolecular Hbond substituents is 2. The molecular weight excluding hydrogens is 212 g/mol. The third-order valence-electron chi connectivity index (χ3n) is 2.34. The molecule has 2 rings (SSSR count). The number of aromatic hydroxyl groups is 3. The highest BCUT2D eigenvalue weighted by Crippen LogP contribution is 2.35. The molecule has 2 aromatic rings. The van der Waals surface area contributed by atoms with E-state index in [2.05, 4.69) is 9.97 Å². The molecule has 0 radical (unpaired) electrons. The summed E-state index contributed by atoms with van der Waals surface area (Å²) >= 11 is 0. The molecule has 5 N–H and O–H groups in total. The van der Waals surface area contributed by atoms with Gasteiger partial charge in [-0.05, 0) is 13.0 Å². The van der Waals surface area contributed by atoms with E-state index in [1.54, 1.807) is 6.92 Å². The number of hydrogen-bond donors (Lipinski definition) is 5. The van der Waals surface area contributed by atoms with Crippen molar-refractivity contribution < 1.29 is 15.3 Å². The molecule has 1 heterocycles. The summed E-state index contributed by atoms with van der Waals surface area (Å²) in [5, 5.41) is 28.3. The second-order valence-corrected chi connectivity index (χ2v) is 3.44. The Bertz CT molecular complexity index is 597. The fourth-order valence-electron chi connectivity index (χ4n) is 1.51. The highest BCUT2D eigenvalue weighted by atomic mass is 16.3. The summed E-state index contributed by atoms with van der Waals surface area (Å²) in [6.45, 7) is 1.61. The van der Waals surface area contributed by atoms with Gasteiger partial charge in [0.2, 0.25) is 5.88 Å². The molecule has 6 heteroatoms. The lowest BCUT2D eigenvalue weighted by molar-refractivity contribution is 0.447. The first-order chi connectivity index (χ1) is 7.49. The van der Waals surface area contributed by atoms with Crippen LogP contribution in [-0.4, -0.2) is 25.3 Å². The van der Waals surface area contributed by atoms with Gasteiger partial charge >= 0.3 is 5.69 Å². The molecule has 0 aliphatic heterocycles. The summed E-state index contributed by atoms with van der Waals surface area (Å²) in [5.41, 5.74) is 0.375. The second-order valence-electron chi connectivity index (χ2n) is 3.44. The zero-order valence-electron chi connectivity index (χ0n) is 8.40. The minimum atomic E-state index is -0.560. The molecule has 0 atom stereocenters. The minimum absolute atomic E-state index is 0.114. The third-order valence-corrected chi connectivity index (χ3v) is 2.34.